The van der Waals surface area contributed by atoms with Crippen LogP contribution in [0.15, 0.2) is 29.2 Å². The summed E-state index contributed by atoms with van der Waals surface area (Å²) in [5.74, 6) is 0. The highest BCUT2D eigenvalue weighted by molar-refractivity contribution is 7.90. The minimum atomic E-state index is -3.12. The molecule has 0 radical (unpaired) electrons. The lowest BCUT2D eigenvalue weighted by Gasteiger charge is -2.28. The largest absolute Gasteiger partial charge is 0.381 e. The van der Waals surface area contributed by atoms with Crippen molar-refractivity contribution in [1.29, 1.82) is 0 Å². The SMILES string of the molecule is CS(=O)(=O)c1ccc(NC2CCCCC2Cl)cc1. The molecule has 0 aromatic heterocycles. The summed E-state index contributed by atoms with van der Waals surface area (Å²) >= 11 is 6.28. The molecule has 1 fully saturated rings. The normalized spacial score (nSPS) is 24.8. The molecule has 18 heavy (non-hydrogen) atoms. The van der Waals surface area contributed by atoms with Crippen molar-refractivity contribution in [3.05, 3.63) is 24.3 Å². The summed E-state index contributed by atoms with van der Waals surface area (Å²) in [6.07, 6.45) is 5.72. The Morgan fingerprint density at radius 1 is 1.17 bits per heavy atom. The second-order valence-electron chi connectivity index (χ2n) is 4.85. The van der Waals surface area contributed by atoms with Gasteiger partial charge < -0.3 is 5.32 Å². The Labute approximate surface area is 113 Å². The Balaban J connectivity index is 2.06. The van der Waals surface area contributed by atoms with Crippen LogP contribution in [0.3, 0.4) is 0 Å². The monoisotopic (exact) mass is 287 g/mol. The van der Waals surface area contributed by atoms with Crippen molar-refractivity contribution in [3.8, 4) is 0 Å². The first-order valence-electron chi connectivity index (χ1n) is 6.17. The third-order valence-electron chi connectivity index (χ3n) is 3.32. The quantitative estimate of drug-likeness (QED) is 0.869. The Hall–Kier alpha value is -0.740. The van der Waals surface area contributed by atoms with E-state index in [1.807, 2.05) is 0 Å². The van der Waals surface area contributed by atoms with E-state index >= 15 is 0 Å². The van der Waals surface area contributed by atoms with Crippen LogP contribution in [0.2, 0.25) is 0 Å². The molecule has 1 aromatic carbocycles. The maximum Gasteiger partial charge on any atom is 0.175 e. The lowest BCUT2D eigenvalue weighted by Crippen LogP contribution is -2.32. The maximum absolute atomic E-state index is 11.3. The second-order valence-corrected chi connectivity index (χ2v) is 7.42. The molecule has 0 bridgehead atoms. The molecule has 2 atom stereocenters. The van der Waals surface area contributed by atoms with E-state index in [-0.39, 0.29) is 11.4 Å². The van der Waals surface area contributed by atoms with E-state index in [9.17, 15) is 8.42 Å². The smallest absolute Gasteiger partial charge is 0.175 e. The summed E-state index contributed by atoms with van der Waals surface area (Å²) in [6, 6.07) is 7.14. The van der Waals surface area contributed by atoms with Gasteiger partial charge in [0.05, 0.1) is 10.3 Å². The van der Waals surface area contributed by atoms with Crippen LogP contribution in [0.4, 0.5) is 5.69 Å². The Kier molecular flexibility index (Phi) is 4.17. The number of halogens is 1. The molecule has 5 heteroatoms. The fraction of sp³-hybridized carbons (Fsp3) is 0.538. The van der Waals surface area contributed by atoms with Crippen molar-refractivity contribution in [2.75, 3.05) is 11.6 Å². The van der Waals surface area contributed by atoms with Crippen LogP contribution < -0.4 is 5.32 Å². The van der Waals surface area contributed by atoms with Gasteiger partial charge in [0, 0.05) is 18.0 Å². The molecule has 1 aromatic rings. The van der Waals surface area contributed by atoms with E-state index in [1.165, 1.54) is 19.1 Å². The zero-order valence-electron chi connectivity index (χ0n) is 10.4. The van der Waals surface area contributed by atoms with Crippen LogP contribution in [0.5, 0.6) is 0 Å². The van der Waals surface area contributed by atoms with E-state index in [2.05, 4.69) is 5.32 Å². The first kappa shape index (κ1) is 13.7. The van der Waals surface area contributed by atoms with E-state index in [4.69, 9.17) is 11.6 Å². The number of hydrogen-bond donors (Lipinski definition) is 1. The second kappa shape index (κ2) is 5.49. The number of hydrogen-bond acceptors (Lipinski definition) is 3. The fourth-order valence-electron chi connectivity index (χ4n) is 2.26. The third kappa shape index (κ3) is 3.39. The molecule has 1 saturated carbocycles. The standard InChI is InChI=1S/C13H18ClNO2S/c1-18(16,17)11-8-6-10(7-9-11)15-13-5-3-2-4-12(13)14/h6-9,12-13,15H,2-5H2,1H3. The van der Waals surface area contributed by atoms with Crippen LogP contribution in [-0.2, 0) is 9.84 Å². The minimum Gasteiger partial charge on any atom is -0.381 e. The van der Waals surface area contributed by atoms with Crippen LogP contribution in [0, 0.1) is 0 Å². The van der Waals surface area contributed by atoms with Gasteiger partial charge in [0.25, 0.3) is 0 Å². The lowest BCUT2D eigenvalue weighted by atomic mass is 9.95. The highest BCUT2D eigenvalue weighted by Crippen LogP contribution is 2.26. The summed E-state index contributed by atoms with van der Waals surface area (Å²) in [5, 5.41) is 3.54. The van der Waals surface area contributed by atoms with Gasteiger partial charge in [-0.05, 0) is 37.1 Å². The first-order chi connectivity index (χ1) is 8.47. The molecule has 3 nitrogen and oxygen atoms in total. The lowest BCUT2D eigenvalue weighted by molar-refractivity contribution is 0.469. The first-order valence-corrected chi connectivity index (χ1v) is 8.50. The highest BCUT2D eigenvalue weighted by Gasteiger charge is 2.22. The average molecular weight is 288 g/mol. The van der Waals surface area contributed by atoms with Gasteiger partial charge in [-0.1, -0.05) is 12.8 Å². The molecule has 2 unspecified atom stereocenters. The molecule has 1 N–H and O–H groups in total. The maximum atomic E-state index is 11.3. The van der Waals surface area contributed by atoms with Gasteiger partial charge >= 0.3 is 0 Å². The Bertz CT molecular complexity index is 498. The minimum absolute atomic E-state index is 0.160. The molecular formula is C13H18ClNO2S. The molecule has 0 aliphatic heterocycles. The van der Waals surface area contributed by atoms with Crippen molar-refractivity contribution < 1.29 is 8.42 Å². The van der Waals surface area contributed by atoms with Gasteiger partial charge in [0.1, 0.15) is 0 Å². The van der Waals surface area contributed by atoms with Crippen LogP contribution in [0.1, 0.15) is 25.7 Å². The van der Waals surface area contributed by atoms with Crippen molar-refractivity contribution in [1.82, 2.24) is 0 Å². The molecule has 0 saturated heterocycles. The zero-order chi connectivity index (χ0) is 13.2. The number of anilines is 1. The summed E-state index contributed by atoms with van der Waals surface area (Å²) in [5.41, 5.74) is 0.931. The van der Waals surface area contributed by atoms with Crippen LogP contribution in [-0.4, -0.2) is 26.1 Å². The van der Waals surface area contributed by atoms with Crippen LogP contribution >= 0.6 is 11.6 Å². The van der Waals surface area contributed by atoms with E-state index < -0.39 is 9.84 Å². The van der Waals surface area contributed by atoms with Gasteiger partial charge in [-0.25, -0.2) is 8.42 Å². The number of sulfone groups is 1. The molecule has 1 aliphatic carbocycles. The number of rotatable bonds is 3. The van der Waals surface area contributed by atoms with Gasteiger partial charge in [0.2, 0.25) is 0 Å². The third-order valence-corrected chi connectivity index (χ3v) is 4.97. The molecule has 0 amide bonds. The Morgan fingerprint density at radius 3 is 2.33 bits per heavy atom. The summed E-state index contributed by atoms with van der Waals surface area (Å²) in [4.78, 5) is 0.346. The predicted molar refractivity (Wildman–Crippen MR) is 75.1 cm³/mol. The molecule has 0 spiro atoms. The van der Waals surface area contributed by atoms with Gasteiger partial charge in [-0.3, -0.25) is 0 Å². The van der Waals surface area contributed by atoms with Crippen LogP contribution in [0.25, 0.3) is 0 Å². The van der Waals surface area contributed by atoms with Crippen molar-refractivity contribution in [2.45, 2.75) is 42.0 Å². The molecule has 2 rings (SSSR count). The van der Waals surface area contributed by atoms with Gasteiger partial charge in [-0.15, -0.1) is 11.6 Å². The van der Waals surface area contributed by atoms with E-state index in [0.717, 1.165) is 18.5 Å². The summed E-state index contributed by atoms with van der Waals surface area (Å²) < 4.78 is 22.7. The average Bonchev–Trinajstić information content (AvgIpc) is 2.32. The number of benzene rings is 1. The highest BCUT2D eigenvalue weighted by atomic mass is 35.5. The van der Waals surface area contributed by atoms with Crippen molar-refractivity contribution in [2.24, 2.45) is 0 Å². The topological polar surface area (TPSA) is 46.2 Å². The molecule has 1 aliphatic rings. The summed E-state index contributed by atoms with van der Waals surface area (Å²) in [6.45, 7) is 0. The van der Waals surface area contributed by atoms with E-state index in [0.29, 0.717) is 4.90 Å². The van der Waals surface area contributed by atoms with E-state index in [1.54, 1.807) is 24.3 Å². The Morgan fingerprint density at radius 2 is 1.78 bits per heavy atom. The van der Waals surface area contributed by atoms with Crippen molar-refractivity contribution in [3.63, 3.8) is 0 Å². The molecule has 100 valence electrons. The van der Waals surface area contributed by atoms with Gasteiger partial charge in [0.15, 0.2) is 9.84 Å². The predicted octanol–water partition coefficient (Wildman–Crippen LogP) is 3.05. The molecular weight excluding hydrogens is 270 g/mol. The summed E-state index contributed by atoms with van der Waals surface area (Å²) in [7, 11) is -3.12. The van der Waals surface area contributed by atoms with Crippen molar-refractivity contribution >= 4 is 27.1 Å². The van der Waals surface area contributed by atoms with Gasteiger partial charge in [-0.2, -0.15) is 0 Å². The fourth-order valence-corrected chi connectivity index (χ4v) is 3.23. The zero-order valence-corrected chi connectivity index (χ0v) is 12.0. The number of alkyl halides is 1. The number of nitrogens with one attached hydrogen (secondary N) is 1. The molecule has 0 heterocycles.